The second kappa shape index (κ2) is 8.47. The van der Waals surface area contributed by atoms with Crippen LogP contribution < -0.4 is 5.32 Å². The summed E-state index contributed by atoms with van der Waals surface area (Å²) in [7, 11) is 0. The van der Waals surface area contributed by atoms with Gasteiger partial charge in [-0.25, -0.2) is 0 Å². The minimum atomic E-state index is 0.448. The second-order valence-corrected chi connectivity index (χ2v) is 6.54. The van der Waals surface area contributed by atoms with Crippen molar-refractivity contribution in [3.05, 3.63) is 59.1 Å². The van der Waals surface area contributed by atoms with Crippen LogP contribution >= 0.6 is 23.4 Å². The maximum atomic E-state index is 6.20. The Kier molecular flexibility index (Phi) is 6.62. The van der Waals surface area contributed by atoms with E-state index in [9.17, 15) is 0 Å². The maximum Gasteiger partial charge on any atom is 0.0545 e. The molecule has 0 saturated heterocycles. The molecule has 21 heavy (non-hydrogen) atoms. The molecular formula is C18H22ClNS. The summed E-state index contributed by atoms with van der Waals surface area (Å²) >= 11 is 7.91. The Morgan fingerprint density at radius 1 is 1.05 bits per heavy atom. The third-order valence-corrected chi connectivity index (χ3v) is 4.92. The third kappa shape index (κ3) is 4.77. The Hall–Kier alpha value is -0.960. The third-order valence-electron chi connectivity index (χ3n) is 3.40. The minimum Gasteiger partial charge on any atom is -0.310 e. The number of hydrogen-bond donors (Lipinski definition) is 1. The van der Waals surface area contributed by atoms with Gasteiger partial charge in [0.2, 0.25) is 0 Å². The molecule has 0 amide bonds. The van der Waals surface area contributed by atoms with Crippen molar-refractivity contribution in [1.82, 2.24) is 5.32 Å². The van der Waals surface area contributed by atoms with Crippen LogP contribution in [0.1, 0.15) is 38.3 Å². The van der Waals surface area contributed by atoms with Gasteiger partial charge in [0.1, 0.15) is 0 Å². The lowest BCUT2D eigenvalue weighted by Gasteiger charge is -2.17. The van der Waals surface area contributed by atoms with Gasteiger partial charge < -0.3 is 5.32 Å². The van der Waals surface area contributed by atoms with Crippen molar-refractivity contribution in [2.45, 2.75) is 42.5 Å². The molecule has 0 fully saturated rings. The van der Waals surface area contributed by atoms with E-state index in [4.69, 9.17) is 11.6 Å². The highest BCUT2D eigenvalue weighted by atomic mass is 35.5. The molecule has 0 saturated carbocycles. The lowest BCUT2D eigenvalue weighted by Crippen LogP contribution is -2.21. The van der Waals surface area contributed by atoms with Crippen LogP contribution in [0.3, 0.4) is 0 Å². The average molecular weight is 320 g/mol. The van der Waals surface area contributed by atoms with Crippen LogP contribution in [0.4, 0.5) is 0 Å². The Morgan fingerprint density at radius 3 is 2.38 bits per heavy atom. The predicted molar refractivity (Wildman–Crippen MR) is 93.3 cm³/mol. The summed E-state index contributed by atoms with van der Waals surface area (Å²) in [5.74, 6) is 0. The van der Waals surface area contributed by atoms with E-state index in [0.717, 1.165) is 29.3 Å². The summed E-state index contributed by atoms with van der Waals surface area (Å²) in [6.07, 6.45) is 2.27. The second-order valence-electron chi connectivity index (χ2n) is 5.02. The Labute approximate surface area is 137 Å². The molecule has 0 aliphatic rings. The molecule has 0 radical (unpaired) electrons. The molecular weight excluding hydrogens is 298 g/mol. The fourth-order valence-electron chi connectivity index (χ4n) is 2.24. The molecule has 0 heterocycles. The number of halogens is 1. The van der Waals surface area contributed by atoms with Crippen LogP contribution in [0, 0.1) is 0 Å². The Balaban J connectivity index is 2.06. The number of hydrogen-bond acceptors (Lipinski definition) is 2. The topological polar surface area (TPSA) is 12.0 Å². The molecule has 2 aromatic rings. The van der Waals surface area contributed by atoms with Gasteiger partial charge in [0.05, 0.1) is 5.02 Å². The lowest BCUT2D eigenvalue weighted by molar-refractivity contribution is 0.518. The number of rotatable bonds is 7. The zero-order valence-electron chi connectivity index (χ0n) is 12.6. The summed E-state index contributed by atoms with van der Waals surface area (Å²) in [6.45, 7) is 5.48. The van der Waals surface area contributed by atoms with E-state index in [1.165, 1.54) is 10.5 Å². The van der Waals surface area contributed by atoms with E-state index in [-0.39, 0.29) is 0 Å². The van der Waals surface area contributed by atoms with E-state index in [0.29, 0.717) is 6.04 Å². The average Bonchev–Trinajstić information content (AvgIpc) is 2.52. The van der Waals surface area contributed by atoms with Gasteiger partial charge in [-0.15, -0.1) is 0 Å². The first kappa shape index (κ1) is 16.4. The van der Waals surface area contributed by atoms with Crippen molar-refractivity contribution in [2.24, 2.45) is 0 Å². The molecule has 0 spiro atoms. The molecule has 2 aromatic carbocycles. The summed E-state index contributed by atoms with van der Waals surface area (Å²) in [5, 5.41) is 4.39. The fourth-order valence-corrected chi connectivity index (χ4v) is 3.33. The molecule has 2 rings (SSSR count). The van der Waals surface area contributed by atoms with Crippen LogP contribution in [0.5, 0.6) is 0 Å². The van der Waals surface area contributed by atoms with Crippen LogP contribution in [0.15, 0.2) is 58.3 Å². The summed E-state index contributed by atoms with van der Waals surface area (Å²) in [5.41, 5.74) is 1.36. The quantitative estimate of drug-likeness (QED) is 0.677. The van der Waals surface area contributed by atoms with Crippen molar-refractivity contribution in [2.75, 3.05) is 6.54 Å². The van der Waals surface area contributed by atoms with E-state index in [1.807, 2.05) is 18.2 Å². The van der Waals surface area contributed by atoms with Gasteiger partial charge in [-0.1, -0.05) is 61.5 Å². The van der Waals surface area contributed by atoms with Gasteiger partial charge in [-0.2, -0.15) is 0 Å². The molecule has 3 heteroatoms. The minimum absolute atomic E-state index is 0.448. The van der Waals surface area contributed by atoms with Gasteiger partial charge >= 0.3 is 0 Å². The highest BCUT2D eigenvalue weighted by molar-refractivity contribution is 7.99. The molecule has 1 N–H and O–H groups in total. The van der Waals surface area contributed by atoms with Crippen molar-refractivity contribution >= 4 is 23.4 Å². The first-order valence-corrected chi connectivity index (χ1v) is 8.69. The van der Waals surface area contributed by atoms with Crippen LogP contribution in [-0.2, 0) is 0 Å². The van der Waals surface area contributed by atoms with Crippen molar-refractivity contribution < 1.29 is 0 Å². The largest absolute Gasteiger partial charge is 0.310 e. The van der Waals surface area contributed by atoms with Crippen LogP contribution in [0.2, 0.25) is 5.02 Å². The number of benzene rings is 2. The molecule has 0 aliphatic carbocycles. The smallest absolute Gasteiger partial charge is 0.0545 e. The molecule has 112 valence electrons. The van der Waals surface area contributed by atoms with Gasteiger partial charge in [0.15, 0.2) is 0 Å². The first-order valence-electron chi connectivity index (χ1n) is 7.50. The molecule has 1 unspecified atom stereocenters. The van der Waals surface area contributed by atoms with E-state index >= 15 is 0 Å². The summed E-state index contributed by atoms with van der Waals surface area (Å²) < 4.78 is 0. The van der Waals surface area contributed by atoms with Gasteiger partial charge in [0.25, 0.3) is 0 Å². The van der Waals surface area contributed by atoms with Gasteiger partial charge in [-0.05, 0) is 49.2 Å². The first-order chi connectivity index (χ1) is 10.2. The van der Waals surface area contributed by atoms with Gasteiger partial charge in [-0.3, -0.25) is 0 Å². The lowest BCUT2D eigenvalue weighted by atomic mass is 10.0. The van der Waals surface area contributed by atoms with E-state index < -0.39 is 0 Å². The standard InChI is InChI=1S/C18H22ClNS/c1-3-13-20-17(4-2)14-9-11-15(12-10-14)21-18-8-6-5-7-16(18)19/h5-12,17,20H,3-4,13H2,1-2H3. The fraction of sp³-hybridized carbons (Fsp3) is 0.333. The zero-order valence-corrected chi connectivity index (χ0v) is 14.2. The van der Waals surface area contributed by atoms with E-state index in [1.54, 1.807) is 11.8 Å². The molecule has 1 nitrogen and oxygen atoms in total. The molecule has 0 bridgehead atoms. The van der Waals surface area contributed by atoms with E-state index in [2.05, 4.69) is 49.5 Å². The predicted octanol–water partition coefficient (Wildman–Crippen LogP) is 5.94. The maximum absolute atomic E-state index is 6.20. The Morgan fingerprint density at radius 2 is 1.76 bits per heavy atom. The number of nitrogens with one attached hydrogen (secondary N) is 1. The van der Waals surface area contributed by atoms with Crippen LogP contribution in [-0.4, -0.2) is 6.54 Å². The Bertz CT molecular complexity index is 553. The summed E-state index contributed by atoms with van der Waals surface area (Å²) in [4.78, 5) is 2.32. The normalized spacial score (nSPS) is 12.3. The molecule has 1 atom stereocenters. The zero-order chi connectivity index (χ0) is 15.1. The van der Waals surface area contributed by atoms with Crippen molar-refractivity contribution in [3.8, 4) is 0 Å². The monoisotopic (exact) mass is 319 g/mol. The highest BCUT2D eigenvalue weighted by Crippen LogP contribution is 2.33. The van der Waals surface area contributed by atoms with Crippen molar-refractivity contribution in [3.63, 3.8) is 0 Å². The molecule has 0 aliphatic heterocycles. The summed E-state index contributed by atoms with van der Waals surface area (Å²) in [6, 6.07) is 17.2. The SMILES string of the molecule is CCCNC(CC)c1ccc(Sc2ccccc2Cl)cc1. The molecule has 0 aromatic heterocycles. The van der Waals surface area contributed by atoms with Gasteiger partial charge in [0, 0.05) is 15.8 Å². The highest BCUT2D eigenvalue weighted by Gasteiger charge is 2.08. The van der Waals surface area contributed by atoms with Crippen LogP contribution in [0.25, 0.3) is 0 Å². The van der Waals surface area contributed by atoms with Crippen molar-refractivity contribution in [1.29, 1.82) is 0 Å².